The van der Waals surface area contributed by atoms with Crippen molar-refractivity contribution >= 4 is 5.91 Å². The van der Waals surface area contributed by atoms with Crippen molar-refractivity contribution in [1.82, 2.24) is 15.1 Å². The molecule has 1 aromatic heterocycles. The molecule has 0 unspecified atom stereocenters. The summed E-state index contributed by atoms with van der Waals surface area (Å²) in [4.78, 5) is 13.4. The highest BCUT2D eigenvalue weighted by molar-refractivity contribution is 5.93. The topological polar surface area (TPSA) is 69.2 Å². The Hall–Kier alpha value is -1.36. The zero-order valence-electron chi connectivity index (χ0n) is 7.81. The third-order valence-corrected chi connectivity index (χ3v) is 2.43. The van der Waals surface area contributed by atoms with Crippen LogP contribution in [0.3, 0.4) is 0 Å². The highest BCUT2D eigenvalue weighted by Gasteiger charge is 2.23. The van der Waals surface area contributed by atoms with Gasteiger partial charge in [-0.25, -0.2) is 0 Å². The number of nitrogens with one attached hydrogen (secondary N) is 1. The smallest absolute Gasteiger partial charge is 0.257 e. The van der Waals surface area contributed by atoms with E-state index in [9.17, 15) is 9.90 Å². The fourth-order valence-electron chi connectivity index (χ4n) is 1.69. The molecule has 1 fully saturated rings. The molecule has 1 atom stereocenters. The van der Waals surface area contributed by atoms with E-state index in [2.05, 4.69) is 10.2 Å². The number of aliphatic hydroxyl groups is 1. The van der Waals surface area contributed by atoms with E-state index in [0.29, 0.717) is 12.1 Å². The number of aromatic amines is 1. The van der Waals surface area contributed by atoms with E-state index in [4.69, 9.17) is 0 Å². The Morgan fingerprint density at radius 1 is 1.71 bits per heavy atom. The van der Waals surface area contributed by atoms with Gasteiger partial charge in [-0.15, -0.1) is 0 Å². The second kappa shape index (κ2) is 3.79. The van der Waals surface area contributed by atoms with Gasteiger partial charge in [0, 0.05) is 19.3 Å². The lowest BCUT2D eigenvalue weighted by atomic mass is 10.1. The van der Waals surface area contributed by atoms with Crippen LogP contribution in [0.25, 0.3) is 0 Å². The van der Waals surface area contributed by atoms with E-state index in [1.165, 1.54) is 6.20 Å². The van der Waals surface area contributed by atoms with Gasteiger partial charge in [-0.3, -0.25) is 9.89 Å². The lowest BCUT2D eigenvalue weighted by Gasteiger charge is -2.29. The van der Waals surface area contributed by atoms with Gasteiger partial charge in [-0.05, 0) is 12.8 Å². The van der Waals surface area contributed by atoms with E-state index in [1.807, 2.05) is 0 Å². The molecule has 76 valence electrons. The van der Waals surface area contributed by atoms with Crippen LogP contribution in [0.4, 0.5) is 0 Å². The molecule has 1 aliphatic rings. The molecule has 1 amide bonds. The largest absolute Gasteiger partial charge is 0.391 e. The molecular formula is C9H13N3O2. The van der Waals surface area contributed by atoms with E-state index < -0.39 is 0 Å². The number of hydrogen-bond donors (Lipinski definition) is 2. The van der Waals surface area contributed by atoms with Gasteiger partial charge in [0.25, 0.3) is 5.91 Å². The summed E-state index contributed by atoms with van der Waals surface area (Å²) in [6.45, 7) is 1.16. The third-order valence-electron chi connectivity index (χ3n) is 2.43. The summed E-state index contributed by atoms with van der Waals surface area (Å²) >= 11 is 0. The Balaban J connectivity index is 2.04. The zero-order chi connectivity index (χ0) is 9.97. The molecule has 1 saturated heterocycles. The maximum Gasteiger partial charge on any atom is 0.257 e. The summed E-state index contributed by atoms with van der Waals surface area (Å²) in [5.41, 5.74) is 0.555. The number of H-pyrrole nitrogens is 1. The van der Waals surface area contributed by atoms with Crippen molar-refractivity contribution in [3.05, 3.63) is 18.0 Å². The minimum Gasteiger partial charge on any atom is -0.391 e. The normalized spacial score (nSPS) is 22.4. The molecule has 2 rings (SSSR count). The number of carbonyl (C=O) groups is 1. The summed E-state index contributed by atoms with van der Waals surface area (Å²) < 4.78 is 0. The molecule has 2 heterocycles. The predicted octanol–water partition coefficient (Wildman–Crippen LogP) is 0.00660. The molecule has 0 spiro atoms. The number of amides is 1. The molecule has 0 aromatic carbocycles. The lowest BCUT2D eigenvalue weighted by molar-refractivity contribution is 0.0474. The molecule has 5 heteroatoms. The monoisotopic (exact) mass is 195 g/mol. The quantitative estimate of drug-likeness (QED) is 0.663. The number of aromatic nitrogens is 2. The van der Waals surface area contributed by atoms with Crippen molar-refractivity contribution in [2.24, 2.45) is 0 Å². The van der Waals surface area contributed by atoms with Gasteiger partial charge in [0.1, 0.15) is 0 Å². The Kier molecular flexibility index (Phi) is 2.49. The number of aliphatic hydroxyl groups excluding tert-OH is 1. The molecule has 1 aromatic rings. The SMILES string of the molecule is O=C(c1cn[nH]c1)N1CCC[C@H](O)C1. The molecule has 14 heavy (non-hydrogen) atoms. The number of piperidine rings is 1. The first-order chi connectivity index (χ1) is 6.77. The van der Waals surface area contributed by atoms with Crippen molar-refractivity contribution in [2.45, 2.75) is 18.9 Å². The summed E-state index contributed by atoms with van der Waals surface area (Å²) in [6.07, 6.45) is 4.35. The van der Waals surface area contributed by atoms with Crippen LogP contribution in [0.15, 0.2) is 12.4 Å². The average Bonchev–Trinajstić information content (AvgIpc) is 2.69. The maximum atomic E-state index is 11.8. The van der Waals surface area contributed by atoms with Crippen LogP contribution in [0, 0.1) is 0 Å². The molecule has 5 nitrogen and oxygen atoms in total. The number of hydrogen-bond acceptors (Lipinski definition) is 3. The Morgan fingerprint density at radius 3 is 3.21 bits per heavy atom. The van der Waals surface area contributed by atoms with Crippen molar-refractivity contribution in [1.29, 1.82) is 0 Å². The fraction of sp³-hybridized carbons (Fsp3) is 0.556. The summed E-state index contributed by atoms with van der Waals surface area (Å²) in [7, 11) is 0. The average molecular weight is 195 g/mol. The Bertz CT molecular complexity index is 310. The molecule has 0 aliphatic carbocycles. The van der Waals surface area contributed by atoms with Crippen molar-refractivity contribution in [3.8, 4) is 0 Å². The second-order valence-electron chi connectivity index (χ2n) is 3.53. The molecule has 2 N–H and O–H groups in total. The van der Waals surface area contributed by atoms with Crippen LogP contribution < -0.4 is 0 Å². The van der Waals surface area contributed by atoms with Gasteiger partial charge in [0.2, 0.25) is 0 Å². The number of nitrogens with zero attached hydrogens (tertiary/aromatic N) is 2. The second-order valence-corrected chi connectivity index (χ2v) is 3.53. The first kappa shape index (κ1) is 9.21. The molecular weight excluding hydrogens is 182 g/mol. The van der Waals surface area contributed by atoms with Crippen LogP contribution in [0.2, 0.25) is 0 Å². The van der Waals surface area contributed by atoms with Crippen LogP contribution >= 0.6 is 0 Å². The highest BCUT2D eigenvalue weighted by Crippen LogP contribution is 2.12. The Morgan fingerprint density at radius 2 is 2.57 bits per heavy atom. The predicted molar refractivity (Wildman–Crippen MR) is 49.7 cm³/mol. The summed E-state index contributed by atoms with van der Waals surface area (Å²) in [5.74, 6) is -0.0579. The summed E-state index contributed by atoms with van der Waals surface area (Å²) in [6, 6.07) is 0. The standard InChI is InChI=1S/C9H13N3O2/c13-8-2-1-3-12(6-8)9(14)7-4-10-11-5-7/h4-5,8,13H,1-3,6H2,(H,10,11)/t8-/m0/s1. The summed E-state index contributed by atoms with van der Waals surface area (Å²) in [5, 5.41) is 15.7. The lowest BCUT2D eigenvalue weighted by Crippen LogP contribution is -2.42. The fourth-order valence-corrected chi connectivity index (χ4v) is 1.69. The first-order valence-corrected chi connectivity index (χ1v) is 4.73. The van der Waals surface area contributed by atoms with Crippen LogP contribution in [0.1, 0.15) is 23.2 Å². The van der Waals surface area contributed by atoms with Crippen molar-refractivity contribution in [2.75, 3.05) is 13.1 Å². The van der Waals surface area contributed by atoms with Gasteiger partial charge in [0.05, 0.1) is 17.9 Å². The highest BCUT2D eigenvalue weighted by atomic mass is 16.3. The van der Waals surface area contributed by atoms with E-state index >= 15 is 0 Å². The number of rotatable bonds is 1. The molecule has 1 aliphatic heterocycles. The van der Waals surface area contributed by atoms with Gasteiger partial charge in [-0.1, -0.05) is 0 Å². The maximum absolute atomic E-state index is 11.8. The Labute approximate surface area is 81.7 Å². The first-order valence-electron chi connectivity index (χ1n) is 4.73. The van der Waals surface area contributed by atoms with Crippen molar-refractivity contribution < 1.29 is 9.90 Å². The van der Waals surface area contributed by atoms with Gasteiger partial charge in [-0.2, -0.15) is 5.10 Å². The number of β-amino-alcohol motifs (C(OH)–C–C–N with tert-alkyl or cyclic N) is 1. The van der Waals surface area contributed by atoms with Gasteiger partial charge in [0.15, 0.2) is 0 Å². The van der Waals surface area contributed by atoms with Crippen LogP contribution in [-0.2, 0) is 0 Å². The zero-order valence-corrected chi connectivity index (χ0v) is 7.81. The molecule has 0 saturated carbocycles. The number of carbonyl (C=O) groups excluding carboxylic acids is 1. The van der Waals surface area contributed by atoms with Gasteiger partial charge >= 0.3 is 0 Å². The molecule has 0 bridgehead atoms. The van der Waals surface area contributed by atoms with Crippen LogP contribution in [-0.4, -0.2) is 45.3 Å². The third kappa shape index (κ3) is 1.77. The minimum atomic E-state index is -0.375. The van der Waals surface area contributed by atoms with E-state index in [1.54, 1.807) is 11.1 Å². The van der Waals surface area contributed by atoms with E-state index in [-0.39, 0.29) is 12.0 Å². The van der Waals surface area contributed by atoms with E-state index in [0.717, 1.165) is 19.4 Å². The van der Waals surface area contributed by atoms with Crippen LogP contribution in [0.5, 0.6) is 0 Å². The molecule has 0 radical (unpaired) electrons. The van der Waals surface area contributed by atoms with Crippen molar-refractivity contribution in [3.63, 3.8) is 0 Å². The minimum absolute atomic E-state index is 0.0579. The van der Waals surface area contributed by atoms with Gasteiger partial charge < -0.3 is 10.0 Å². The number of likely N-dealkylation sites (tertiary alicyclic amines) is 1.